The molecule has 0 radical (unpaired) electrons. The Morgan fingerprint density at radius 1 is 0.545 bits per heavy atom. The minimum Gasteiger partial charge on any atom is -0.489 e. The molecule has 5 saturated heterocycles. The quantitative estimate of drug-likeness (QED) is 0.0277. The number of ketones is 3. The van der Waals surface area contributed by atoms with Crippen molar-refractivity contribution in [3.63, 3.8) is 0 Å². The van der Waals surface area contributed by atoms with Gasteiger partial charge in [-0.1, -0.05) is 78.6 Å². The Morgan fingerprint density at radius 2 is 1.02 bits per heavy atom. The maximum atomic E-state index is 13.5. The second-order valence-electron chi connectivity index (χ2n) is 35.9. The van der Waals surface area contributed by atoms with E-state index in [0.29, 0.717) is 74.5 Å². The first-order valence-electron chi connectivity index (χ1n) is 42.1. The number of rotatable bonds is 20. The average molecular weight is 1680 g/mol. The molecular formula is C92H104Cl2N14O13. The molecule has 2 atom stereocenters. The van der Waals surface area contributed by atoms with Crippen molar-refractivity contribution >= 4 is 111 Å². The molecule has 10 aliphatic rings. The number of piperidine rings is 3. The van der Waals surface area contributed by atoms with Crippen molar-refractivity contribution in [2.24, 2.45) is 39.4 Å². The summed E-state index contributed by atoms with van der Waals surface area (Å²) in [4.78, 5) is 159. The van der Waals surface area contributed by atoms with Crippen molar-refractivity contribution in [1.29, 1.82) is 10.5 Å². The molecule has 8 fully saturated rings. The number of Topliss-reactive ketones (excluding diaryl/α,β-unsaturated/α-hetero) is 3. The van der Waals surface area contributed by atoms with Crippen LogP contribution in [0.3, 0.4) is 0 Å². The molecule has 2 unspecified atom stereocenters. The zero-order valence-corrected chi connectivity index (χ0v) is 71.3. The van der Waals surface area contributed by atoms with Gasteiger partial charge in [0.05, 0.1) is 55.9 Å². The molecule has 0 bridgehead atoms. The average Bonchev–Trinajstić information content (AvgIpc) is 1.65. The summed E-state index contributed by atoms with van der Waals surface area (Å²) in [5.41, 5.74) is 4.29. The first-order chi connectivity index (χ1) is 57.8. The van der Waals surface area contributed by atoms with E-state index in [1.165, 1.54) is 12.4 Å². The molecule has 3 N–H and O–H groups in total. The minimum absolute atomic E-state index is 0.0867. The largest absolute Gasteiger partial charge is 0.489 e. The second kappa shape index (κ2) is 35.6. The van der Waals surface area contributed by atoms with Gasteiger partial charge in [0, 0.05) is 179 Å². The third-order valence-electron chi connectivity index (χ3n) is 26.8. The van der Waals surface area contributed by atoms with E-state index in [-0.39, 0.29) is 129 Å². The molecule has 7 aliphatic heterocycles. The number of fused-ring (bicyclic) bond motifs is 2. The van der Waals surface area contributed by atoms with Gasteiger partial charge in [-0.25, -0.2) is 9.97 Å². The van der Waals surface area contributed by atoms with E-state index in [9.17, 15) is 58.0 Å². The van der Waals surface area contributed by atoms with Crippen LogP contribution < -0.4 is 45.0 Å². The first-order valence-corrected chi connectivity index (χ1v) is 42.8. The van der Waals surface area contributed by atoms with Crippen LogP contribution in [-0.4, -0.2) is 205 Å². The van der Waals surface area contributed by atoms with Crippen LogP contribution in [0.2, 0.25) is 10.0 Å². The number of aromatic nitrogens is 2. The Morgan fingerprint density at radius 3 is 1.50 bits per heavy atom. The number of pyridine rings is 2. The van der Waals surface area contributed by atoms with Crippen LogP contribution in [-0.2, 0) is 24.0 Å². The monoisotopic (exact) mass is 1680 g/mol. The number of ether oxygens (including phenoxy) is 2. The molecule has 16 rings (SSSR count). The summed E-state index contributed by atoms with van der Waals surface area (Å²) in [6.45, 7) is 28.3. The highest BCUT2D eigenvalue weighted by molar-refractivity contribution is 6.32. The predicted molar refractivity (Wildman–Crippen MR) is 455 cm³/mol. The molecule has 4 aromatic carbocycles. The number of hydrogen-bond donors (Lipinski definition) is 3. The topological polar surface area (TPSA) is 338 Å². The molecule has 634 valence electrons. The number of halogens is 2. The van der Waals surface area contributed by atoms with Crippen LogP contribution >= 0.6 is 23.2 Å². The summed E-state index contributed by atoms with van der Waals surface area (Å²) in [5, 5.41) is 27.8. The lowest BCUT2D eigenvalue weighted by Gasteiger charge is -2.63. The Kier molecular flexibility index (Phi) is 25.4. The van der Waals surface area contributed by atoms with Gasteiger partial charge in [0.15, 0.2) is 11.6 Å². The number of benzene rings is 4. The summed E-state index contributed by atoms with van der Waals surface area (Å²) in [5.74, 6) is 0.313. The Hall–Kier alpha value is -11.0. The van der Waals surface area contributed by atoms with Gasteiger partial charge in [-0.2, -0.15) is 10.5 Å². The van der Waals surface area contributed by atoms with Crippen molar-refractivity contribution in [2.75, 3.05) is 105 Å². The Balaban J connectivity index is 0.000000165. The summed E-state index contributed by atoms with van der Waals surface area (Å²) in [6.07, 6.45) is 10.5. The first kappa shape index (κ1) is 86.4. The third-order valence-corrected chi connectivity index (χ3v) is 27.5. The fourth-order valence-electron chi connectivity index (χ4n) is 20.4. The van der Waals surface area contributed by atoms with Crippen LogP contribution in [0.4, 0.5) is 23.0 Å². The third kappa shape index (κ3) is 17.8. The van der Waals surface area contributed by atoms with E-state index in [4.69, 9.17) is 37.9 Å². The molecular weight excluding hydrogens is 1580 g/mol. The molecule has 6 aromatic rings. The van der Waals surface area contributed by atoms with Crippen molar-refractivity contribution in [3.8, 4) is 23.6 Å². The zero-order chi connectivity index (χ0) is 86.1. The molecule has 27 nitrogen and oxygen atoms in total. The van der Waals surface area contributed by atoms with Crippen LogP contribution in [0.1, 0.15) is 206 Å². The number of carbonyl (C=O) groups is 11. The number of hydrogen-bond acceptors (Lipinski definition) is 23. The van der Waals surface area contributed by atoms with E-state index in [2.05, 4.69) is 113 Å². The number of aldehydes is 1. The Labute approximate surface area is 715 Å². The standard InChI is InChI=1S/C46H52ClN7O6.C30H35ClN2O3.C16H17N5O4/c1-45(2)43(46(3,4)44(45)60-33-11-7-30(26-48)36(47)24-33)50-40(57)29-5-8-31(9-6-29)52-17-14-28(15-18-52)13-16-51-19-21-53(22-20-51)39-25-34-35(27-49-39)42(59)54(41(34)58)37-12-10-32(55)23-38(37)56;1-29(2)27(30(3,4)28(29)36-24-10-7-22(19-32)25(31)17-24)18-26(35)21-5-8-23(9-6-21)33-14-11-20(12-15-33)13-16-34;22-13-2-1-11(14(23)19-13)21-15(24)9-7-12(18-8-10(9)16(21)25)20-5-3-17-4-6-20/h5-9,11,24-25,27-28,37,43-44H,10,12-23H2,1-4H3,(H,50,57);5-10,16-17,20,27-28H,11-15,18H2,1-4H3;7-8,11,17H,1-6H2,(H,19,22,23). The molecule has 29 heteroatoms. The normalized spacial score (nSPS) is 23.7. The lowest BCUT2D eigenvalue weighted by molar-refractivity contribution is -0.196. The fraction of sp³-hybridized carbons (Fsp3) is 0.489. The van der Waals surface area contributed by atoms with Gasteiger partial charge in [0.25, 0.3) is 29.5 Å². The summed E-state index contributed by atoms with van der Waals surface area (Å²) in [7, 11) is 0. The van der Waals surface area contributed by atoms with Gasteiger partial charge in [-0.05, 0) is 154 Å². The number of anilines is 4. The molecule has 3 saturated carbocycles. The second-order valence-corrected chi connectivity index (χ2v) is 36.7. The van der Waals surface area contributed by atoms with E-state index < -0.39 is 41.6 Å². The van der Waals surface area contributed by atoms with Gasteiger partial charge in [-0.15, -0.1) is 0 Å². The van der Waals surface area contributed by atoms with Crippen LogP contribution in [0.25, 0.3) is 0 Å². The lowest BCUT2D eigenvalue weighted by atomic mass is 9.44. The molecule has 121 heavy (non-hydrogen) atoms. The SMILES string of the molecule is CC1(C)C(CC(=O)c2ccc(N3CCC(CC=O)CC3)cc2)C(C)(C)C1Oc1ccc(C#N)c(Cl)c1.CC1(C)C(NC(=O)c2ccc(N3CCC(CCN4CCN(c5cc6c(cn5)C(=O)N(C5CCC(=O)CC5=O)C6=O)CC4)CC3)cc2)C(C)(C)C1Oc1ccc(C#N)c(Cl)c1.O=C1CCC(N2C(=O)c3cnc(N4CCNCC4)cc3C2=O)C(=O)N1. The van der Waals surface area contributed by atoms with Crippen molar-refractivity contribution < 1.29 is 62.2 Å². The van der Waals surface area contributed by atoms with Gasteiger partial charge in [0.1, 0.15) is 65.6 Å². The smallest absolute Gasteiger partial charge is 0.263 e. The van der Waals surface area contributed by atoms with Crippen LogP contribution in [0.15, 0.2) is 109 Å². The number of amides is 7. The van der Waals surface area contributed by atoms with Crippen LogP contribution in [0, 0.1) is 62.1 Å². The molecule has 9 heterocycles. The highest BCUT2D eigenvalue weighted by Gasteiger charge is 2.65. The van der Waals surface area contributed by atoms with Gasteiger partial charge < -0.3 is 44.5 Å². The maximum Gasteiger partial charge on any atom is 0.263 e. The predicted octanol–water partition coefficient (Wildman–Crippen LogP) is 11.5. The highest BCUT2D eigenvalue weighted by Crippen LogP contribution is 2.62. The number of piperazine rings is 2. The highest BCUT2D eigenvalue weighted by atomic mass is 35.5. The summed E-state index contributed by atoms with van der Waals surface area (Å²) < 4.78 is 12.7. The number of carbonyl (C=O) groups excluding carboxylic acids is 11. The van der Waals surface area contributed by atoms with E-state index >= 15 is 0 Å². The fourth-order valence-corrected chi connectivity index (χ4v) is 20.8. The zero-order valence-electron chi connectivity index (χ0n) is 69.7. The van der Waals surface area contributed by atoms with Crippen LogP contribution in [0.5, 0.6) is 11.5 Å². The number of nitriles is 2. The van der Waals surface area contributed by atoms with Gasteiger partial charge in [0.2, 0.25) is 11.8 Å². The summed E-state index contributed by atoms with van der Waals surface area (Å²) in [6, 6.07) is 31.6. The number of imide groups is 3. The summed E-state index contributed by atoms with van der Waals surface area (Å²) >= 11 is 12.5. The number of nitrogens with zero attached hydrogens (tertiary/aromatic N) is 11. The van der Waals surface area contributed by atoms with Crippen molar-refractivity contribution in [1.82, 2.24) is 40.6 Å². The Bertz CT molecular complexity index is 5110. The molecule has 0 spiro atoms. The van der Waals surface area contributed by atoms with E-state index in [1.807, 2.05) is 53.4 Å². The van der Waals surface area contributed by atoms with Gasteiger partial charge in [-0.3, -0.25) is 68.0 Å². The lowest BCUT2D eigenvalue weighted by Crippen LogP contribution is -2.74. The minimum atomic E-state index is -0.951. The van der Waals surface area contributed by atoms with E-state index in [0.717, 1.165) is 150 Å². The van der Waals surface area contributed by atoms with Gasteiger partial charge >= 0.3 is 0 Å². The molecule has 3 aliphatic carbocycles. The van der Waals surface area contributed by atoms with Crippen molar-refractivity contribution in [2.45, 2.75) is 163 Å². The van der Waals surface area contributed by atoms with E-state index in [1.54, 1.807) is 48.5 Å². The molecule has 7 amide bonds. The number of nitrogens with one attached hydrogen (secondary N) is 3. The molecule has 2 aromatic heterocycles. The maximum absolute atomic E-state index is 13.5. The van der Waals surface area contributed by atoms with Crippen molar-refractivity contribution in [3.05, 3.63) is 164 Å².